The lowest BCUT2D eigenvalue weighted by atomic mass is 10.0. The van der Waals surface area contributed by atoms with Gasteiger partial charge in [-0.25, -0.2) is 4.98 Å². The van der Waals surface area contributed by atoms with Gasteiger partial charge in [-0.1, -0.05) is 6.58 Å². The molecule has 1 amide bonds. The van der Waals surface area contributed by atoms with Gasteiger partial charge >= 0.3 is 0 Å². The number of fused-ring (bicyclic) bond motifs is 1. The Hall–Kier alpha value is -1.84. The first-order valence-electron chi connectivity index (χ1n) is 5.18. The lowest BCUT2D eigenvalue weighted by Crippen LogP contribution is -2.34. The maximum atomic E-state index is 11.5. The summed E-state index contributed by atoms with van der Waals surface area (Å²) in [4.78, 5) is 17.4. The number of amides is 1. The number of carbonyl (C=O) groups excluding carboxylic acids is 1. The fraction of sp³-hybridized carbons (Fsp3) is 0.333. The topological polar surface area (TPSA) is 42.4 Å². The largest absolute Gasteiger partial charge is 0.481 e. The van der Waals surface area contributed by atoms with Gasteiger partial charge in [0.1, 0.15) is 0 Å². The van der Waals surface area contributed by atoms with E-state index in [1.165, 1.54) is 6.08 Å². The minimum absolute atomic E-state index is 0.0265. The van der Waals surface area contributed by atoms with Crippen LogP contribution < -0.4 is 4.74 Å². The molecule has 4 nitrogen and oxygen atoms in total. The minimum Gasteiger partial charge on any atom is -0.481 e. The van der Waals surface area contributed by atoms with Gasteiger partial charge in [0.25, 0.3) is 0 Å². The van der Waals surface area contributed by atoms with Crippen LogP contribution in [0, 0.1) is 0 Å². The van der Waals surface area contributed by atoms with Crippen LogP contribution in [0.1, 0.15) is 11.1 Å². The first-order valence-corrected chi connectivity index (χ1v) is 5.18. The van der Waals surface area contributed by atoms with E-state index in [2.05, 4.69) is 11.6 Å². The van der Waals surface area contributed by atoms with Gasteiger partial charge in [0, 0.05) is 24.8 Å². The van der Waals surface area contributed by atoms with E-state index >= 15 is 0 Å². The van der Waals surface area contributed by atoms with E-state index in [1.54, 1.807) is 18.2 Å². The number of ether oxygens (including phenoxy) is 1. The second kappa shape index (κ2) is 4.35. The molecule has 84 valence electrons. The van der Waals surface area contributed by atoms with Gasteiger partial charge in [-0.2, -0.15) is 0 Å². The monoisotopic (exact) mass is 218 g/mol. The third-order valence-electron chi connectivity index (χ3n) is 2.79. The predicted molar refractivity (Wildman–Crippen MR) is 60.1 cm³/mol. The van der Waals surface area contributed by atoms with E-state index in [9.17, 15) is 4.79 Å². The Labute approximate surface area is 94.5 Å². The SMILES string of the molecule is C=CC(=O)N1CCc2c(ccnc2OC)C1. The average molecular weight is 218 g/mol. The second-order valence-electron chi connectivity index (χ2n) is 3.67. The number of hydrogen-bond acceptors (Lipinski definition) is 3. The van der Waals surface area contributed by atoms with Crippen LogP contribution >= 0.6 is 0 Å². The molecule has 1 aromatic rings. The number of carbonyl (C=O) groups is 1. The average Bonchev–Trinajstić information content (AvgIpc) is 2.36. The molecule has 1 aromatic heterocycles. The molecule has 16 heavy (non-hydrogen) atoms. The van der Waals surface area contributed by atoms with Gasteiger partial charge in [-0.3, -0.25) is 4.79 Å². The zero-order valence-corrected chi connectivity index (χ0v) is 9.27. The molecule has 4 heteroatoms. The minimum atomic E-state index is -0.0265. The normalized spacial score (nSPS) is 14.2. The zero-order chi connectivity index (χ0) is 11.5. The van der Waals surface area contributed by atoms with Crippen LogP contribution in [-0.2, 0) is 17.8 Å². The van der Waals surface area contributed by atoms with Crippen molar-refractivity contribution in [2.24, 2.45) is 0 Å². The first-order chi connectivity index (χ1) is 7.76. The molecule has 0 N–H and O–H groups in total. The van der Waals surface area contributed by atoms with Crippen LogP contribution in [0.2, 0.25) is 0 Å². The first kappa shape index (κ1) is 10.7. The Bertz CT molecular complexity index is 429. The third-order valence-corrected chi connectivity index (χ3v) is 2.79. The fourth-order valence-electron chi connectivity index (χ4n) is 1.95. The molecule has 1 aliphatic rings. The number of hydrogen-bond donors (Lipinski definition) is 0. The maximum Gasteiger partial charge on any atom is 0.246 e. The third kappa shape index (κ3) is 1.78. The van der Waals surface area contributed by atoms with Crippen molar-refractivity contribution in [2.75, 3.05) is 13.7 Å². The van der Waals surface area contributed by atoms with E-state index < -0.39 is 0 Å². The fourth-order valence-corrected chi connectivity index (χ4v) is 1.95. The smallest absolute Gasteiger partial charge is 0.246 e. The summed E-state index contributed by atoms with van der Waals surface area (Å²) in [5, 5.41) is 0. The summed E-state index contributed by atoms with van der Waals surface area (Å²) in [6, 6.07) is 1.93. The number of pyridine rings is 1. The van der Waals surface area contributed by atoms with Gasteiger partial charge < -0.3 is 9.64 Å². The molecule has 0 radical (unpaired) electrons. The predicted octanol–water partition coefficient (Wildman–Crippen LogP) is 1.16. The lowest BCUT2D eigenvalue weighted by molar-refractivity contribution is -0.126. The summed E-state index contributed by atoms with van der Waals surface area (Å²) < 4.78 is 5.20. The highest BCUT2D eigenvalue weighted by Crippen LogP contribution is 2.25. The summed E-state index contributed by atoms with van der Waals surface area (Å²) in [6.07, 6.45) is 3.84. The molecule has 0 unspecified atom stereocenters. The Morgan fingerprint density at radius 3 is 3.19 bits per heavy atom. The van der Waals surface area contributed by atoms with Crippen LogP contribution in [0.25, 0.3) is 0 Å². The van der Waals surface area contributed by atoms with Gasteiger partial charge in [-0.05, 0) is 24.1 Å². The van der Waals surface area contributed by atoms with Crippen molar-refractivity contribution in [2.45, 2.75) is 13.0 Å². The molecule has 0 atom stereocenters. The highest BCUT2D eigenvalue weighted by atomic mass is 16.5. The number of nitrogens with zero attached hydrogens (tertiary/aromatic N) is 2. The lowest BCUT2D eigenvalue weighted by Gasteiger charge is -2.28. The van der Waals surface area contributed by atoms with E-state index in [1.807, 2.05) is 6.07 Å². The molecule has 2 heterocycles. The standard InChI is InChI=1S/C12H14N2O2/c1-3-11(15)14-7-5-10-9(8-14)4-6-13-12(10)16-2/h3-4,6H,1,5,7-8H2,2H3. The molecule has 0 bridgehead atoms. The molecule has 0 saturated carbocycles. The molecule has 2 rings (SSSR count). The van der Waals surface area contributed by atoms with Gasteiger partial charge in [-0.15, -0.1) is 0 Å². The molecule has 0 saturated heterocycles. The zero-order valence-electron chi connectivity index (χ0n) is 9.27. The van der Waals surface area contributed by atoms with E-state index in [-0.39, 0.29) is 5.91 Å². The van der Waals surface area contributed by atoms with Crippen molar-refractivity contribution in [1.29, 1.82) is 0 Å². The van der Waals surface area contributed by atoms with Gasteiger partial charge in [0.05, 0.1) is 7.11 Å². The Kier molecular flexibility index (Phi) is 2.90. The summed E-state index contributed by atoms with van der Waals surface area (Å²) in [5.41, 5.74) is 2.21. The second-order valence-corrected chi connectivity index (χ2v) is 3.67. The molecule has 0 aromatic carbocycles. The highest BCUT2D eigenvalue weighted by molar-refractivity contribution is 5.87. The Balaban J connectivity index is 2.28. The van der Waals surface area contributed by atoms with Crippen molar-refractivity contribution in [3.63, 3.8) is 0 Å². The number of aromatic nitrogens is 1. The summed E-state index contributed by atoms with van der Waals surface area (Å²) >= 11 is 0. The van der Waals surface area contributed by atoms with Crippen LogP contribution in [0.15, 0.2) is 24.9 Å². The van der Waals surface area contributed by atoms with E-state index in [0.29, 0.717) is 19.0 Å². The van der Waals surface area contributed by atoms with Crippen molar-refractivity contribution in [1.82, 2.24) is 9.88 Å². The van der Waals surface area contributed by atoms with E-state index in [4.69, 9.17) is 4.74 Å². The van der Waals surface area contributed by atoms with Crippen molar-refractivity contribution < 1.29 is 9.53 Å². The number of methoxy groups -OCH3 is 1. The molecular formula is C12H14N2O2. The Morgan fingerprint density at radius 2 is 2.50 bits per heavy atom. The van der Waals surface area contributed by atoms with Gasteiger partial charge in [0.2, 0.25) is 11.8 Å². The van der Waals surface area contributed by atoms with Crippen LogP contribution in [0.3, 0.4) is 0 Å². The van der Waals surface area contributed by atoms with E-state index in [0.717, 1.165) is 17.5 Å². The van der Waals surface area contributed by atoms with Gasteiger partial charge in [0.15, 0.2) is 0 Å². The van der Waals surface area contributed by atoms with Crippen molar-refractivity contribution >= 4 is 5.91 Å². The molecular weight excluding hydrogens is 204 g/mol. The summed E-state index contributed by atoms with van der Waals surface area (Å²) in [7, 11) is 1.61. The number of rotatable bonds is 2. The van der Waals surface area contributed by atoms with Crippen LogP contribution in [0.4, 0.5) is 0 Å². The summed E-state index contributed by atoms with van der Waals surface area (Å²) in [6.45, 7) is 4.80. The molecule has 0 aliphatic carbocycles. The molecule has 0 spiro atoms. The highest BCUT2D eigenvalue weighted by Gasteiger charge is 2.21. The van der Waals surface area contributed by atoms with Crippen molar-refractivity contribution in [3.05, 3.63) is 36.0 Å². The Morgan fingerprint density at radius 1 is 1.69 bits per heavy atom. The molecule has 0 fully saturated rings. The quantitative estimate of drug-likeness (QED) is 0.699. The van der Waals surface area contributed by atoms with Crippen LogP contribution in [-0.4, -0.2) is 29.4 Å². The van der Waals surface area contributed by atoms with Crippen molar-refractivity contribution in [3.8, 4) is 5.88 Å². The summed E-state index contributed by atoms with van der Waals surface area (Å²) in [5.74, 6) is 0.643. The molecule has 1 aliphatic heterocycles. The maximum absolute atomic E-state index is 11.5. The van der Waals surface area contributed by atoms with Crippen LogP contribution in [0.5, 0.6) is 5.88 Å².